The van der Waals surface area contributed by atoms with E-state index in [1.165, 1.54) is 31.8 Å². The van der Waals surface area contributed by atoms with Gasteiger partial charge in [0, 0.05) is 0 Å². The molecular weight excluding hydrogens is 388 g/mol. The van der Waals surface area contributed by atoms with Crippen LogP contribution in [0.15, 0.2) is 63.8 Å². The van der Waals surface area contributed by atoms with Gasteiger partial charge in [-0.1, -0.05) is 19.4 Å². The van der Waals surface area contributed by atoms with E-state index in [4.69, 9.17) is 18.3 Å². The number of nitrogens with one attached hydrogen (secondary N) is 2. The quantitative estimate of drug-likeness (QED) is 0.386. The van der Waals surface area contributed by atoms with Crippen molar-refractivity contribution in [2.45, 2.75) is 25.9 Å². The van der Waals surface area contributed by atoms with Crippen LogP contribution in [0.1, 0.15) is 52.6 Å². The third-order valence-corrected chi connectivity index (χ3v) is 4.32. The van der Waals surface area contributed by atoms with Crippen LogP contribution in [0.5, 0.6) is 11.5 Å². The van der Waals surface area contributed by atoms with Gasteiger partial charge in [-0.25, -0.2) is 0 Å². The summed E-state index contributed by atoms with van der Waals surface area (Å²) in [5.41, 5.74) is 0.592. The molecule has 1 aromatic carbocycles. The minimum atomic E-state index is -0.862. The van der Waals surface area contributed by atoms with E-state index in [1.54, 1.807) is 30.3 Å². The fourth-order valence-electron chi connectivity index (χ4n) is 2.73. The highest BCUT2D eigenvalue weighted by Gasteiger charge is 2.22. The number of furan rings is 2. The predicted octanol–water partition coefficient (Wildman–Crippen LogP) is 3.92. The van der Waals surface area contributed by atoms with E-state index in [-0.39, 0.29) is 11.5 Å². The smallest absolute Gasteiger partial charge is 0.288 e. The second-order valence-corrected chi connectivity index (χ2v) is 6.45. The van der Waals surface area contributed by atoms with E-state index >= 15 is 0 Å². The lowest BCUT2D eigenvalue weighted by Crippen LogP contribution is -2.41. The Bertz CT molecular complexity index is 902. The second kappa shape index (κ2) is 10.2. The molecule has 0 saturated carbocycles. The van der Waals surface area contributed by atoms with Gasteiger partial charge in [-0.15, -0.1) is 0 Å². The van der Waals surface area contributed by atoms with Crippen molar-refractivity contribution in [2.75, 3.05) is 13.7 Å². The lowest BCUT2D eigenvalue weighted by Gasteiger charge is -2.21. The number of hydrogen-bond donors (Lipinski definition) is 2. The van der Waals surface area contributed by atoms with E-state index in [2.05, 4.69) is 17.6 Å². The molecule has 3 rings (SSSR count). The Morgan fingerprint density at radius 1 is 0.967 bits per heavy atom. The number of methoxy groups -OCH3 is 1. The molecule has 2 aromatic heterocycles. The zero-order valence-electron chi connectivity index (χ0n) is 16.8. The third-order valence-electron chi connectivity index (χ3n) is 4.32. The van der Waals surface area contributed by atoms with E-state index < -0.39 is 18.0 Å². The summed E-state index contributed by atoms with van der Waals surface area (Å²) in [7, 11) is 1.53. The summed E-state index contributed by atoms with van der Waals surface area (Å²) in [6.07, 6.45) is 3.87. The maximum atomic E-state index is 12.5. The average molecular weight is 412 g/mol. The molecule has 2 N–H and O–H groups in total. The molecule has 0 radical (unpaired) electrons. The summed E-state index contributed by atoms with van der Waals surface area (Å²) in [5.74, 6) is 0.368. The number of benzene rings is 1. The highest BCUT2D eigenvalue weighted by Crippen LogP contribution is 2.30. The molecular formula is C22H24N2O6. The average Bonchev–Trinajstić information content (AvgIpc) is 3.47. The minimum absolute atomic E-state index is 0.124. The van der Waals surface area contributed by atoms with Gasteiger partial charge in [0.05, 0.1) is 26.2 Å². The number of carbonyl (C=O) groups excluding carboxylic acids is 2. The van der Waals surface area contributed by atoms with Crippen molar-refractivity contribution >= 4 is 11.8 Å². The van der Waals surface area contributed by atoms with Crippen molar-refractivity contribution in [3.05, 3.63) is 72.1 Å². The number of hydrogen-bond acceptors (Lipinski definition) is 6. The van der Waals surface area contributed by atoms with Crippen LogP contribution in [0.4, 0.5) is 0 Å². The highest BCUT2D eigenvalue weighted by atomic mass is 16.5. The molecule has 0 saturated heterocycles. The highest BCUT2D eigenvalue weighted by molar-refractivity contribution is 5.94. The zero-order chi connectivity index (χ0) is 21.3. The lowest BCUT2D eigenvalue weighted by atomic mass is 10.1. The molecule has 158 valence electrons. The molecule has 30 heavy (non-hydrogen) atoms. The number of rotatable bonds is 10. The first kappa shape index (κ1) is 21.0. The molecule has 0 spiro atoms. The van der Waals surface area contributed by atoms with Gasteiger partial charge in [0.15, 0.2) is 23.0 Å². The predicted molar refractivity (Wildman–Crippen MR) is 108 cm³/mol. The number of unbranched alkanes of at least 4 members (excludes halogenated alkanes) is 1. The fraction of sp³-hybridized carbons (Fsp3) is 0.273. The summed E-state index contributed by atoms with van der Waals surface area (Å²) in [6.45, 7) is 2.65. The van der Waals surface area contributed by atoms with Crippen molar-refractivity contribution in [3.63, 3.8) is 0 Å². The van der Waals surface area contributed by atoms with Crippen molar-refractivity contribution in [3.8, 4) is 11.5 Å². The van der Waals surface area contributed by atoms with Crippen molar-refractivity contribution < 1.29 is 27.9 Å². The van der Waals surface area contributed by atoms with Crippen molar-refractivity contribution in [1.82, 2.24) is 10.6 Å². The summed E-state index contributed by atoms with van der Waals surface area (Å²) >= 11 is 0. The number of ether oxygens (including phenoxy) is 2. The SMILES string of the molecule is CCCCOc1ccc(C(NC(=O)c2ccco2)NC(=O)c2ccco2)cc1OC. The monoisotopic (exact) mass is 412 g/mol. The molecule has 8 nitrogen and oxygen atoms in total. The first-order valence-corrected chi connectivity index (χ1v) is 9.61. The Hall–Kier alpha value is -3.68. The molecule has 2 amide bonds. The molecule has 3 aromatic rings. The summed E-state index contributed by atoms with van der Waals surface area (Å²) in [4.78, 5) is 25.0. The molecule has 0 aliphatic carbocycles. The van der Waals surface area contributed by atoms with Crippen molar-refractivity contribution in [1.29, 1.82) is 0 Å². The number of carbonyl (C=O) groups is 2. The third kappa shape index (κ3) is 5.22. The topological polar surface area (TPSA) is 103 Å². The van der Waals surface area contributed by atoms with Crippen LogP contribution in [-0.4, -0.2) is 25.5 Å². The Morgan fingerprint density at radius 2 is 1.60 bits per heavy atom. The molecule has 0 unspecified atom stereocenters. The van der Waals surface area contributed by atoms with E-state index in [0.717, 1.165) is 12.8 Å². The van der Waals surface area contributed by atoms with Gasteiger partial charge in [0.25, 0.3) is 11.8 Å². The van der Waals surface area contributed by atoms with Gasteiger partial charge in [-0.05, 0) is 48.4 Å². The van der Waals surface area contributed by atoms with Gasteiger partial charge in [0.2, 0.25) is 0 Å². The fourth-order valence-corrected chi connectivity index (χ4v) is 2.73. The standard InChI is InChI=1S/C22H24N2O6/c1-3-4-11-28-16-10-9-15(14-19(16)27-2)20(23-21(25)17-7-5-12-29-17)24-22(26)18-8-6-13-30-18/h5-10,12-14,20H,3-4,11H2,1-2H3,(H,23,25)(H,24,26). The maximum absolute atomic E-state index is 12.5. The van der Waals surface area contributed by atoms with Crippen LogP contribution in [0.2, 0.25) is 0 Å². The molecule has 0 fully saturated rings. The first-order valence-electron chi connectivity index (χ1n) is 9.61. The Kier molecular flexibility index (Phi) is 7.15. The second-order valence-electron chi connectivity index (χ2n) is 6.45. The van der Waals surface area contributed by atoms with Crippen LogP contribution >= 0.6 is 0 Å². The first-order chi connectivity index (χ1) is 14.6. The Balaban J connectivity index is 1.84. The van der Waals surface area contributed by atoms with Gasteiger partial charge in [-0.3, -0.25) is 9.59 Å². The molecule has 8 heteroatoms. The summed E-state index contributed by atoms with van der Waals surface area (Å²) in [6, 6.07) is 11.5. The van der Waals surface area contributed by atoms with E-state index in [0.29, 0.717) is 23.7 Å². The van der Waals surface area contributed by atoms with Gasteiger partial charge < -0.3 is 28.9 Å². The van der Waals surface area contributed by atoms with Gasteiger partial charge in [-0.2, -0.15) is 0 Å². The Labute approximate surface area is 174 Å². The maximum Gasteiger partial charge on any atom is 0.288 e. The van der Waals surface area contributed by atoms with Crippen LogP contribution in [0, 0.1) is 0 Å². The molecule has 0 bridgehead atoms. The minimum Gasteiger partial charge on any atom is -0.493 e. The van der Waals surface area contributed by atoms with Crippen LogP contribution in [-0.2, 0) is 0 Å². The van der Waals surface area contributed by atoms with Crippen LogP contribution in [0.3, 0.4) is 0 Å². The molecule has 0 aliphatic rings. The normalized spacial score (nSPS) is 10.6. The van der Waals surface area contributed by atoms with Gasteiger partial charge in [0.1, 0.15) is 6.17 Å². The molecule has 0 atom stereocenters. The summed E-state index contributed by atoms with van der Waals surface area (Å²) in [5, 5.41) is 5.50. The van der Waals surface area contributed by atoms with Crippen LogP contribution in [0.25, 0.3) is 0 Å². The molecule has 0 aliphatic heterocycles. The summed E-state index contributed by atoms with van der Waals surface area (Å²) < 4.78 is 21.5. The Morgan fingerprint density at radius 3 is 2.10 bits per heavy atom. The van der Waals surface area contributed by atoms with Gasteiger partial charge >= 0.3 is 0 Å². The van der Waals surface area contributed by atoms with Crippen molar-refractivity contribution in [2.24, 2.45) is 0 Å². The van der Waals surface area contributed by atoms with E-state index in [1.807, 2.05) is 0 Å². The zero-order valence-corrected chi connectivity index (χ0v) is 16.8. The largest absolute Gasteiger partial charge is 0.493 e. The lowest BCUT2D eigenvalue weighted by molar-refractivity contribution is 0.0853. The van der Waals surface area contributed by atoms with Crippen LogP contribution < -0.4 is 20.1 Å². The molecule has 2 heterocycles. The number of amides is 2. The van der Waals surface area contributed by atoms with E-state index in [9.17, 15) is 9.59 Å².